The molecule has 4 aliphatic carbocycles. The lowest BCUT2D eigenvalue weighted by Gasteiger charge is -2.58. The number of hydrogen-bond donors (Lipinski definition) is 1. The summed E-state index contributed by atoms with van der Waals surface area (Å²) in [7, 11) is 0. The lowest BCUT2D eigenvalue weighted by atomic mass is 9.47. The van der Waals surface area contributed by atoms with Crippen LogP contribution in [-0.2, 0) is 6.42 Å². The highest BCUT2D eigenvalue weighted by Crippen LogP contribution is 2.64. The summed E-state index contributed by atoms with van der Waals surface area (Å²) in [6, 6.07) is 8.68. The molecule has 1 N–H and O–H groups in total. The second-order valence-corrected chi connectivity index (χ2v) is 7.78. The third-order valence-electron chi connectivity index (χ3n) is 6.34. The molecular formula is C19H26O. The summed E-state index contributed by atoms with van der Waals surface area (Å²) in [6.45, 7) is 2.19. The second kappa shape index (κ2) is 4.59. The average Bonchev–Trinajstić information content (AvgIpc) is 2.45. The molecule has 5 rings (SSSR count). The van der Waals surface area contributed by atoms with Crippen molar-refractivity contribution < 1.29 is 5.11 Å². The first-order valence-electron chi connectivity index (χ1n) is 8.45. The first-order chi connectivity index (χ1) is 9.68. The Kier molecular flexibility index (Phi) is 2.96. The lowest BCUT2D eigenvalue weighted by Crippen LogP contribution is -2.48. The van der Waals surface area contributed by atoms with Crippen molar-refractivity contribution in [1.82, 2.24) is 0 Å². The summed E-state index contributed by atoms with van der Waals surface area (Å²) in [5, 5.41) is 11.1. The molecular weight excluding hydrogens is 244 g/mol. The summed E-state index contributed by atoms with van der Waals surface area (Å²) in [6.07, 6.45) is 8.98. The number of benzene rings is 1. The van der Waals surface area contributed by atoms with Crippen molar-refractivity contribution in [3.8, 4) is 0 Å². The first-order valence-corrected chi connectivity index (χ1v) is 8.45. The van der Waals surface area contributed by atoms with E-state index in [-0.39, 0.29) is 11.5 Å². The molecule has 4 aliphatic rings. The number of hydrogen-bond acceptors (Lipinski definition) is 1. The highest BCUT2D eigenvalue weighted by atomic mass is 16.3. The van der Waals surface area contributed by atoms with Gasteiger partial charge in [-0.3, -0.25) is 0 Å². The van der Waals surface area contributed by atoms with Crippen LogP contribution >= 0.6 is 0 Å². The largest absolute Gasteiger partial charge is 0.388 e. The number of rotatable bonds is 3. The van der Waals surface area contributed by atoms with E-state index in [0.29, 0.717) is 0 Å². The molecule has 1 atom stereocenters. The van der Waals surface area contributed by atoms with Crippen LogP contribution in [0.1, 0.15) is 62.7 Å². The standard InChI is InChI=1S/C19H26O/c1-2-13-4-3-5-17(9-13)18(20)19-10-14-6-15(11-19)8-16(7-14)12-19/h3-5,9,14-16,18,20H,2,6-8,10-12H2,1H3. The molecule has 1 aromatic carbocycles. The van der Waals surface area contributed by atoms with Crippen molar-refractivity contribution in [2.45, 2.75) is 58.0 Å². The minimum atomic E-state index is -0.234. The van der Waals surface area contributed by atoms with E-state index in [9.17, 15) is 5.11 Å². The van der Waals surface area contributed by atoms with Gasteiger partial charge in [-0.1, -0.05) is 31.2 Å². The highest BCUT2D eigenvalue weighted by molar-refractivity contribution is 5.27. The Morgan fingerprint density at radius 3 is 2.25 bits per heavy atom. The first kappa shape index (κ1) is 12.9. The fraction of sp³-hybridized carbons (Fsp3) is 0.684. The predicted molar refractivity (Wildman–Crippen MR) is 81.4 cm³/mol. The monoisotopic (exact) mass is 270 g/mol. The van der Waals surface area contributed by atoms with Gasteiger partial charge in [0.25, 0.3) is 0 Å². The molecule has 0 aromatic heterocycles. The topological polar surface area (TPSA) is 20.2 Å². The molecule has 4 saturated carbocycles. The van der Waals surface area contributed by atoms with E-state index in [4.69, 9.17) is 0 Å². The van der Waals surface area contributed by atoms with Gasteiger partial charge in [-0.05, 0) is 73.8 Å². The van der Waals surface area contributed by atoms with Crippen LogP contribution in [0.3, 0.4) is 0 Å². The van der Waals surface area contributed by atoms with Gasteiger partial charge >= 0.3 is 0 Å². The summed E-state index contributed by atoms with van der Waals surface area (Å²) in [4.78, 5) is 0. The lowest BCUT2D eigenvalue weighted by molar-refractivity contribution is -0.122. The van der Waals surface area contributed by atoms with E-state index in [1.165, 1.54) is 49.7 Å². The van der Waals surface area contributed by atoms with Crippen molar-refractivity contribution >= 4 is 0 Å². The van der Waals surface area contributed by atoms with Crippen LogP contribution < -0.4 is 0 Å². The second-order valence-electron chi connectivity index (χ2n) is 7.78. The third-order valence-corrected chi connectivity index (χ3v) is 6.34. The van der Waals surface area contributed by atoms with E-state index >= 15 is 0 Å². The van der Waals surface area contributed by atoms with Crippen LogP contribution in [0.25, 0.3) is 0 Å². The SMILES string of the molecule is CCc1cccc(C(O)C23CC4CC(CC(C4)C2)C3)c1. The maximum absolute atomic E-state index is 11.1. The molecule has 0 spiro atoms. The Balaban J connectivity index is 1.65. The molecule has 4 fully saturated rings. The fourth-order valence-electron chi connectivity index (χ4n) is 5.85. The van der Waals surface area contributed by atoms with Gasteiger partial charge in [0.1, 0.15) is 0 Å². The van der Waals surface area contributed by atoms with Gasteiger partial charge in [0.2, 0.25) is 0 Å². The Hall–Kier alpha value is -0.820. The van der Waals surface area contributed by atoms with Crippen LogP contribution in [-0.4, -0.2) is 5.11 Å². The van der Waals surface area contributed by atoms with E-state index in [0.717, 1.165) is 24.2 Å². The molecule has 1 heteroatoms. The quantitative estimate of drug-likeness (QED) is 0.857. The zero-order valence-corrected chi connectivity index (χ0v) is 12.5. The van der Waals surface area contributed by atoms with Gasteiger partial charge in [0.05, 0.1) is 6.10 Å². The molecule has 20 heavy (non-hydrogen) atoms. The van der Waals surface area contributed by atoms with Gasteiger partial charge in [-0.2, -0.15) is 0 Å². The summed E-state index contributed by atoms with van der Waals surface area (Å²) in [5.74, 6) is 2.72. The van der Waals surface area contributed by atoms with Crippen molar-refractivity contribution in [2.24, 2.45) is 23.2 Å². The maximum Gasteiger partial charge on any atom is 0.0846 e. The zero-order valence-electron chi connectivity index (χ0n) is 12.5. The van der Waals surface area contributed by atoms with Gasteiger partial charge in [0, 0.05) is 5.41 Å². The van der Waals surface area contributed by atoms with Crippen molar-refractivity contribution in [2.75, 3.05) is 0 Å². The van der Waals surface area contributed by atoms with E-state index in [1.807, 2.05) is 0 Å². The van der Waals surface area contributed by atoms with Gasteiger partial charge in [0.15, 0.2) is 0 Å². The van der Waals surface area contributed by atoms with Crippen LogP contribution in [0.2, 0.25) is 0 Å². The molecule has 0 heterocycles. The molecule has 4 bridgehead atoms. The zero-order chi connectivity index (χ0) is 13.7. The van der Waals surface area contributed by atoms with Crippen LogP contribution in [0.4, 0.5) is 0 Å². The molecule has 108 valence electrons. The van der Waals surface area contributed by atoms with E-state index in [2.05, 4.69) is 31.2 Å². The van der Waals surface area contributed by atoms with Gasteiger partial charge in [-0.25, -0.2) is 0 Å². The van der Waals surface area contributed by atoms with Crippen LogP contribution in [0.15, 0.2) is 24.3 Å². The molecule has 1 unspecified atom stereocenters. The fourth-order valence-corrected chi connectivity index (χ4v) is 5.85. The summed E-state index contributed by atoms with van der Waals surface area (Å²) < 4.78 is 0. The Labute approximate surface area is 122 Å². The molecule has 0 aliphatic heterocycles. The Morgan fingerprint density at radius 1 is 1.10 bits per heavy atom. The number of aliphatic hydroxyl groups is 1. The van der Waals surface area contributed by atoms with Crippen LogP contribution in [0.5, 0.6) is 0 Å². The molecule has 1 aromatic rings. The number of aliphatic hydroxyl groups excluding tert-OH is 1. The number of aryl methyl sites for hydroxylation is 1. The minimum absolute atomic E-state index is 0.209. The normalized spacial score (nSPS) is 40.0. The van der Waals surface area contributed by atoms with Gasteiger partial charge < -0.3 is 5.11 Å². The average molecular weight is 270 g/mol. The van der Waals surface area contributed by atoms with Gasteiger partial charge in [-0.15, -0.1) is 0 Å². The predicted octanol–water partition coefficient (Wildman–Crippen LogP) is 4.50. The molecule has 1 nitrogen and oxygen atoms in total. The highest BCUT2D eigenvalue weighted by Gasteiger charge is 2.54. The molecule has 0 radical (unpaired) electrons. The third kappa shape index (κ3) is 1.94. The van der Waals surface area contributed by atoms with Crippen molar-refractivity contribution in [3.63, 3.8) is 0 Å². The smallest absolute Gasteiger partial charge is 0.0846 e. The summed E-state index contributed by atoms with van der Waals surface area (Å²) in [5.41, 5.74) is 2.73. The Bertz CT molecular complexity index is 469. The minimum Gasteiger partial charge on any atom is -0.388 e. The Morgan fingerprint density at radius 2 is 1.70 bits per heavy atom. The van der Waals surface area contributed by atoms with Crippen molar-refractivity contribution in [3.05, 3.63) is 35.4 Å². The van der Waals surface area contributed by atoms with Crippen molar-refractivity contribution in [1.29, 1.82) is 0 Å². The van der Waals surface area contributed by atoms with E-state index in [1.54, 1.807) is 0 Å². The maximum atomic E-state index is 11.1. The van der Waals surface area contributed by atoms with Crippen LogP contribution in [0, 0.1) is 23.2 Å². The van der Waals surface area contributed by atoms with E-state index < -0.39 is 0 Å². The molecule has 0 amide bonds. The summed E-state index contributed by atoms with van der Waals surface area (Å²) >= 11 is 0. The molecule has 0 saturated heterocycles.